The molecule has 0 aliphatic heterocycles. The summed E-state index contributed by atoms with van der Waals surface area (Å²) in [6, 6.07) is 13.9. The Morgan fingerprint density at radius 3 is 2.32 bits per heavy atom. The van der Waals surface area contributed by atoms with E-state index in [1.807, 2.05) is 37.4 Å². The van der Waals surface area contributed by atoms with E-state index in [-0.39, 0.29) is 12.2 Å². The van der Waals surface area contributed by atoms with Crippen LogP contribution in [0.2, 0.25) is 0 Å². The summed E-state index contributed by atoms with van der Waals surface area (Å²) in [4.78, 5) is 25.7. The highest BCUT2D eigenvalue weighted by Crippen LogP contribution is 2.40. The molecular formula is C25H27N3O3. The highest BCUT2D eigenvalue weighted by molar-refractivity contribution is 5.87. The molecule has 1 aliphatic carbocycles. The quantitative estimate of drug-likeness (QED) is 0.526. The van der Waals surface area contributed by atoms with Crippen LogP contribution < -0.4 is 5.69 Å². The Labute approximate surface area is 180 Å². The van der Waals surface area contributed by atoms with Crippen molar-refractivity contribution in [3.8, 4) is 0 Å². The molecule has 5 rings (SSSR count). The zero-order chi connectivity index (χ0) is 21.8. The first-order valence-corrected chi connectivity index (χ1v) is 10.9. The van der Waals surface area contributed by atoms with E-state index in [0.29, 0.717) is 19.4 Å². The van der Waals surface area contributed by atoms with E-state index in [9.17, 15) is 14.7 Å². The van der Waals surface area contributed by atoms with Gasteiger partial charge in [-0.25, -0.2) is 4.79 Å². The largest absolute Gasteiger partial charge is 0.481 e. The van der Waals surface area contributed by atoms with E-state index in [1.165, 1.54) is 10.9 Å². The zero-order valence-corrected chi connectivity index (χ0v) is 18.0. The van der Waals surface area contributed by atoms with Gasteiger partial charge in [-0.15, -0.1) is 0 Å². The lowest BCUT2D eigenvalue weighted by Gasteiger charge is -2.24. The molecule has 160 valence electrons. The summed E-state index contributed by atoms with van der Waals surface area (Å²) in [5.41, 5.74) is 4.07. The van der Waals surface area contributed by atoms with Crippen LogP contribution in [0.3, 0.4) is 0 Å². The molecule has 6 nitrogen and oxygen atoms in total. The zero-order valence-electron chi connectivity index (χ0n) is 18.0. The van der Waals surface area contributed by atoms with E-state index >= 15 is 0 Å². The Balaban J connectivity index is 1.66. The average Bonchev–Trinajstić information content (AvgIpc) is 3.42. The molecule has 31 heavy (non-hydrogen) atoms. The summed E-state index contributed by atoms with van der Waals surface area (Å²) in [7, 11) is 2.02. The molecule has 0 radical (unpaired) electrons. The topological polar surface area (TPSA) is 69.2 Å². The van der Waals surface area contributed by atoms with Crippen molar-refractivity contribution in [3.63, 3.8) is 0 Å². The Bertz CT molecular complexity index is 1370. The number of aliphatic carboxylic acids is 1. The summed E-state index contributed by atoms with van der Waals surface area (Å²) in [6.07, 6.45) is 5.13. The van der Waals surface area contributed by atoms with E-state index in [4.69, 9.17) is 0 Å². The fourth-order valence-electron chi connectivity index (χ4n) is 5.39. The number of fused-ring (bicyclic) bond motifs is 2. The van der Waals surface area contributed by atoms with Gasteiger partial charge in [-0.05, 0) is 49.1 Å². The number of carbonyl (C=O) groups is 1. The molecule has 0 saturated heterocycles. The third-order valence-electron chi connectivity index (χ3n) is 7.03. The van der Waals surface area contributed by atoms with Gasteiger partial charge >= 0.3 is 11.7 Å². The Morgan fingerprint density at radius 1 is 1.00 bits per heavy atom. The minimum Gasteiger partial charge on any atom is -0.481 e. The number of nitrogens with zero attached hydrogens (tertiary/aromatic N) is 3. The van der Waals surface area contributed by atoms with Gasteiger partial charge in [0.2, 0.25) is 0 Å². The second-order valence-electron chi connectivity index (χ2n) is 8.97. The fraction of sp³-hybridized carbons (Fsp3) is 0.360. The standard InChI is InChI=1S/C25H27N3O3/c1-17-8-7-11-21-22(17)18(14-26(21)2)15-27-19-9-3-4-10-20(19)28(24(27)31)16-25(23(29)30)12-5-6-13-25/h3-4,7-11,14H,5-6,12-13,15-16H2,1-2H3,(H,29,30). The second kappa shape index (κ2) is 7.15. The van der Waals surface area contributed by atoms with E-state index < -0.39 is 11.4 Å². The highest BCUT2D eigenvalue weighted by Gasteiger charge is 2.42. The third kappa shape index (κ3) is 3.00. The number of carboxylic acids is 1. The summed E-state index contributed by atoms with van der Waals surface area (Å²) in [6.45, 7) is 2.77. The maximum atomic E-state index is 13.6. The molecule has 0 spiro atoms. The van der Waals surface area contributed by atoms with Gasteiger partial charge in [-0.2, -0.15) is 0 Å². The lowest BCUT2D eigenvalue weighted by Crippen LogP contribution is -2.37. The van der Waals surface area contributed by atoms with Crippen molar-refractivity contribution in [3.05, 3.63) is 70.3 Å². The first-order chi connectivity index (χ1) is 14.9. The Kier molecular flexibility index (Phi) is 4.54. The van der Waals surface area contributed by atoms with Crippen LogP contribution in [-0.2, 0) is 24.9 Å². The number of aromatic nitrogens is 3. The molecule has 4 aromatic rings. The second-order valence-corrected chi connectivity index (χ2v) is 8.97. The van der Waals surface area contributed by atoms with Crippen LogP contribution in [-0.4, -0.2) is 24.8 Å². The van der Waals surface area contributed by atoms with Gasteiger partial charge in [-0.3, -0.25) is 13.9 Å². The molecule has 2 aromatic heterocycles. The van der Waals surface area contributed by atoms with Crippen molar-refractivity contribution >= 4 is 27.9 Å². The summed E-state index contributed by atoms with van der Waals surface area (Å²) in [5, 5.41) is 11.1. The van der Waals surface area contributed by atoms with Crippen LogP contribution in [0.4, 0.5) is 0 Å². The number of benzene rings is 2. The number of hydrogen-bond donors (Lipinski definition) is 1. The predicted octanol–water partition coefficient (Wildman–Crippen LogP) is 4.30. The minimum atomic E-state index is -0.852. The molecule has 1 N–H and O–H groups in total. The highest BCUT2D eigenvalue weighted by atomic mass is 16.4. The number of rotatable bonds is 5. The molecule has 0 unspecified atom stereocenters. The first-order valence-electron chi connectivity index (χ1n) is 10.9. The normalized spacial score (nSPS) is 15.8. The maximum absolute atomic E-state index is 13.6. The van der Waals surface area contributed by atoms with Crippen LogP contribution in [0.1, 0.15) is 36.8 Å². The van der Waals surface area contributed by atoms with Crippen LogP contribution in [0.25, 0.3) is 21.9 Å². The van der Waals surface area contributed by atoms with Crippen molar-refractivity contribution in [1.29, 1.82) is 0 Å². The van der Waals surface area contributed by atoms with Crippen molar-refractivity contribution in [2.24, 2.45) is 12.5 Å². The smallest absolute Gasteiger partial charge is 0.329 e. The summed E-state index contributed by atoms with van der Waals surface area (Å²) >= 11 is 0. The van der Waals surface area contributed by atoms with Gasteiger partial charge in [0.1, 0.15) is 0 Å². The van der Waals surface area contributed by atoms with Crippen LogP contribution in [0, 0.1) is 12.3 Å². The molecule has 2 heterocycles. The third-order valence-corrected chi connectivity index (χ3v) is 7.03. The Hall–Kier alpha value is -3.28. The van der Waals surface area contributed by atoms with E-state index in [2.05, 4.69) is 29.8 Å². The van der Waals surface area contributed by atoms with Gasteiger partial charge in [0.25, 0.3) is 0 Å². The van der Waals surface area contributed by atoms with Gasteiger partial charge in [0, 0.05) is 30.7 Å². The molecule has 0 amide bonds. The molecule has 2 aromatic carbocycles. The molecule has 1 saturated carbocycles. The van der Waals surface area contributed by atoms with E-state index in [1.54, 1.807) is 9.13 Å². The number of imidazole rings is 1. The number of carboxylic acid groups (broad SMARTS) is 1. The van der Waals surface area contributed by atoms with Gasteiger partial charge in [0.05, 0.1) is 23.0 Å². The van der Waals surface area contributed by atoms with E-state index in [0.717, 1.165) is 35.0 Å². The first kappa shape index (κ1) is 19.7. The number of hydrogen-bond acceptors (Lipinski definition) is 2. The van der Waals surface area contributed by atoms with Crippen LogP contribution in [0.15, 0.2) is 53.5 Å². The SMILES string of the molecule is Cc1cccc2c1c(Cn1c(=O)n(CC3(C(=O)O)CCCC3)c3ccccc31)cn2C. The summed E-state index contributed by atoms with van der Waals surface area (Å²) in [5.74, 6) is -0.793. The number of aryl methyl sites for hydroxylation is 2. The minimum absolute atomic E-state index is 0.140. The average molecular weight is 418 g/mol. The molecule has 1 fully saturated rings. The summed E-state index contributed by atoms with van der Waals surface area (Å²) < 4.78 is 5.58. The molecule has 0 atom stereocenters. The predicted molar refractivity (Wildman–Crippen MR) is 121 cm³/mol. The molecule has 1 aliphatic rings. The molecular weight excluding hydrogens is 390 g/mol. The Morgan fingerprint density at radius 2 is 1.65 bits per heavy atom. The van der Waals surface area contributed by atoms with Crippen molar-refractivity contribution < 1.29 is 9.90 Å². The van der Waals surface area contributed by atoms with Crippen molar-refractivity contribution in [2.45, 2.75) is 45.7 Å². The monoisotopic (exact) mass is 417 g/mol. The van der Waals surface area contributed by atoms with Crippen molar-refractivity contribution in [1.82, 2.24) is 13.7 Å². The van der Waals surface area contributed by atoms with Crippen LogP contribution in [0.5, 0.6) is 0 Å². The maximum Gasteiger partial charge on any atom is 0.329 e. The van der Waals surface area contributed by atoms with Crippen molar-refractivity contribution in [2.75, 3.05) is 0 Å². The molecule has 6 heteroatoms. The molecule has 0 bridgehead atoms. The lowest BCUT2D eigenvalue weighted by atomic mass is 9.86. The van der Waals surface area contributed by atoms with Gasteiger partial charge in [0.15, 0.2) is 0 Å². The lowest BCUT2D eigenvalue weighted by molar-refractivity contribution is -0.149. The van der Waals surface area contributed by atoms with Gasteiger partial charge in [-0.1, -0.05) is 37.1 Å². The van der Waals surface area contributed by atoms with Crippen LogP contribution >= 0.6 is 0 Å². The van der Waals surface area contributed by atoms with Gasteiger partial charge < -0.3 is 9.67 Å². The number of para-hydroxylation sites is 2. The fourth-order valence-corrected chi connectivity index (χ4v) is 5.39.